The van der Waals surface area contributed by atoms with Gasteiger partial charge in [-0.05, 0) is 46.3 Å². The van der Waals surface area contributed by atoms with E-state index in [0.717, 1.165) is 19.0 Å². The molecule has 0 atom stereocenters. The van der Waals surface area contributed by atoms with Crippen LogP contribution in [0.1, 0.15) is 36.5 Å². The molecule has 0 radical (unpaired) electrons. The molecule has 0 aromatic carbocycles. The maximum Gasteiger partial charge on any atom is 0.255 e. The van der Waals surface area contributed by atoms with Gasteiger partial charge in [0.15, 0.2) is 0 Å². The van der Waals surface area contributed by atoms with Crippen molar-refractivity contribution in [1.82, 2.24) is 15.2 Å². The van der Waals surface area contributed by atoms with Gasteiger partial charge < -0.3 is 15.5 Å². The van der Waals surface area contributed by atoms with E-state index in [4.69, 9.17) is 0 Å². The predicted molar refractivity (Wildman–Crippen MR) is 81.0 cm³/mol. The van der Waals surface area contributed by atoms with Gasteiger partial charge in [0.05, 0.1) is 11.8 Å². The van der Waals surface area contributed by atoms with Gasteiger partial charge >= 0.3 is 0 Å². The second-order valence-electron chi connectivity index (χ2n) is 5.74. The van der Waals surface area contributed by atoms with Crippen molar-refractivity contribution in [2.75, 3.05) is 32.5 Å². The molecule has 1 aliphatic rings. The van der Waals surface area contributed by atoms with Crippen LogP contribution in [0.3, 0.4) is 0 Å². The van der Waals surface area contributed by atoms with Crippen LogP contribution >= 0.6 is 0 Å². The van der Waals surface area contributed by atoms with Crippen LogP contribution in [0.5, 0.6) is 0 Å². The first-order valence-corrected chi connectivity index (χ1v) is 7.33. The van der Waals surface area contributed by atoms with Crippen molar-refractivity contribution >= 4 is 11.7 Å². The number of aromatic nitrogens is 1. The van der Waals surface area contributed by atoms with Crippen LogP contribution in [0.25, 0.3) is 0 Å². The number of halogens is 1. The Morgan fingerprint density at radius 3 is 2.71 bits per heavy atom. The summed E-state index contributed by atoms with van der Waals surface area (Å²) in [4.78, 5) is 18.4. The molecule has 21 heavy (non-hydrogen) atoms. The van der Waals surface area contributed by atoms with E-state index in [2.05, 4.69) is 20.5 Å². The molecule has 0 spiro atoms. The van der Waals surface area contributed by atoms with E-state index >= 15 is 0 Å². The van der Waals surface area contributed by atoms with Crippen molar-refractivity contribution in [1.29, 1.82) is 0 Å². The highest BCUT2D eigenvalue weighted by molar-refractivity contribution is 5.98. The van der Waals surface area contributed by atoms with Gasteiger partial charge in [0.1, 0.15) is 11.6 Å². The van der Waals surface area contributed by atoms with Crippen LogP contribution in [0.15, 0.2) is 12.3 Å². The van der Waals surface area contributed by atoms with Gasteiger partial charge in [0.2, 0.25) is 0 Å². The molecule has 6 heteroatoms. The summed E-state index contributed by atoms with van der Waals surface area (Å²) in [5.74, 6) is -0.372. The van der Waals surface area contributed by atoms with Crippen LogP contribution in [0.2, 0.25) is 0 Å². The lowest BCUT2D eigenvalue weighted by molar-refractivity contribution is 0.0557. The summed E-state index contributed by atoms with van der Waals surface area (Å²) in [6.07, 6.45) is 4.43. The summed E-state index contributed by atoms with van der Waals surface area (Å²) in [6, 6.07) is 1.23. The van der Waals surface area contributed by atoms with Crippen molar-refractivity contribution in [3.63, 3.8) is 0 Å². The van der Waals surface area contributed by atoms with E-state index in [9.17, 15) is 9.18 Å². The van der Waals surface area contributed by atoms with Crippen LogP contribution in [0.4, 0.5) is 10.2 Å². The molecular formula is C15H23FN4O. The quantitative estimate of drug-likeness (QED) is 0.841. The normalized spacial score (nSPS) is 16.4. The number of carbonyl (C=O) groups is 1. The fourth-order valence-electron chi connectivity index (χ4n) is 2.63. The minimum atomic E-state index is -0.507. The van der Waals surface area contributed by atoms with Crippen molar-refractivity contribution in [2.45, 2.75) is 31.7 Å². The fraction of sp³-hybridized carbons (Fsp3) is 0.600. The number of pyridine rings is 1. The zero-order chi connectivity index (χ0) is 15.5. The van der Waals surface area contributed by atoms with Gasteiger partial charge in [-0.2, -0.15) is 0 Å². The molecule has 5 nitrogen and oxygen atoms in total. The Kier molecular flexibility index (Phi) is 4.77. The Balaban J connectivity index is 2.08. The minimum Gasteiger partial charge on any atom is -0.370 e. The SMILES string of the molecule is CCNc1ncc(F)cc1C(=O)NCC1(N(C)C)CCC1. The van der Waals surface area contributed by atoms with Crippen molar-refractivity contribution < 1.29 is 9.18 Å². The molecule has 2 N–H and O–H groups in total. The third-order valence-electron chi connectivity index (χ3n) is 4.25. The van der Waals surface area contributed by atoms with E-state index < -0.39 is 5.82 Å². The first-order chi connectivity index (χ1) is 9.98. The summed E-state index contributed by atoms with van der Waals surface area (Å²) in [5.41, 5.74) is 0.291. The maximum atomic E-state index is 13.3. The number of nitrogens with zero attached hydrogens (tertiary/aromatic N) is 2. The molecule has 0 bridgehead atoms. The molecular weight excluding hydrogens is 271 g/mol. The average Bonchev–Trinajstić information content (AvgIpc) is 2.39. The number of anilines is 1. The number of likely N-dealkylation sites (N-methyl/N-ethyl adjacent to an activating group) is 1. The molecule has 1 saturated carbocycles. The van der Waals surface area contributed by atoms with Gasteiger partial charge in [-0.3, -0.25) is 4.79 Å². The highest BCUT2D eigenvalue weighted by Gasteiger charge is 2.39. The van der Waals surface area contributed by atoms with Gasteiger partial charge in [0.25, 0.3) is 5.91 Å². The molecule has 0 unspecified atom stereocenters. The summed E-state index contributed by atoms with van der Waals surface area (Å²) in [6.45, 7) is 3.10. The minimum absolute atomic E-state index is 0.0365. The predicted octanol–water partition coefficient (Wildman–Crippen LogP) is 1.87. The molecule has 2 rings (SSSR count). The molecule has 0 aliphatic heterocycles. The van der Waals surface area contributed by atoms with E-state index in [0.29, 0.717) is 18.9 Å². The fourth-order valence-corrected chi connectivity index (χ4v) is 2.63. The van der Waals surface area contributed by atoms with E-state index in [1.807, 2.05) is 21.0 Å². The van der Waals surface area contributed by atoms with E-state index in [-0.39, 0.29) is 17.0 Å². The zero-order valence-corrected chi connectivity index (χ0v) is 12.9. The van der Waals surface area contributed by atoms with E-state index in [1.165, 1.54) is 12.5 Å². The van der Waals surface area contributed by atoms with Crippen molar-refractivity contribution in [3.8, 4) is 0 Å². The molecule has 1 aliphatic carbocycles. The van der Waals surface area contributed by atoms with Crippen molar-refractivity contribution in [2.24, 2.45) is 0 Å². The Labute approximate surface area is 124 Å². The molecule has 1 heterocycles. The highest BCUT2D eigenvalue weighted by atomic mass is 19.1. The first kappa shape index (κ1) is 15.7. The zero-order valence-electron chi connectivity index (χ0n) is 12.9. The number of nitrogens with one attached hydrogen (secondary N) is 2. The standard InChI is InChI=1S/C15H23FN4O/c1-4-17-13-12(8-11(16)9-18-13)14(21)19-10-15(20(2)3)6-5-7-15/h8-9H,4-7,10H2,1-3H3,(H,17,18)(H,19,21). The molecule has 1 aromatic heterocycles. The molecule has 1 aromatic rings. The second-order valence-corrected chi connectivity index (χ2v) is 5.74. The van der Waals surface area contributed by atoms with Gasteiger partial charge in [-0.25, -0.2) is 9.37 Å². The first-order valence-electron chi connectivity index (χ1n) is 7.33. The number of amides is 1. The van der Waals surface area contributed by atoms with Crippen molar-refractivity contribution in [3.05, 3.63) is 23.6 Å². The van der Waals surface area contributed by atoms with Crippen LogP contribution in [-0.2, 0) is 0 Å². The summed E-state index contributed by atoms with van der Waals surface area (Å²) in [5, 5.41) is 5.90. The summed E-state index contributed by atoms with van der Waals surface area (Å²) in [7, 11) is 4.05. The summed E-state index contributed by atoms with van der Waals surface area (Å²) >= 11 is 0. The van der Waals surface area contributed by atoms with E-state index in [1.54, 1.807) is 0 Å². The van der Waals surface area contributed by atoms with Gasteiger partial charge in [0, 0.05) is 18.6 Å². The second kappa shape index (κ2) is 6.39. The maximum absolute atomic E-state index is 13.3. The lowest BCUT2D eigenvalue weighted by Gasteiger charge is -2.47. The van der Waals surface area contributed by atoms with Crippen LogP contribution in [0, 0.1) is 5.82 Å². The Hall–Kier alpha value is -1.69. The van der Waals surface area contributed by atoms with Crippen LogP contribution < -0.4 is 10.6 Å². The highest BCUT2D eigenvalue weighted by Crippen LogP contribution is 2.35. The number of rotatable bonds is 6. The number of carbonyl (C=O) groups excluding carboxylic acids is 1. The third-order valence-corrected chi connectivity index (χ3v) is 4.25. The molecule has 0 saturated heterocycles. The largest absolute Gasteiger partial charge is 0.370 e. The Morgan fingerprint density at radius 2 is 2.19 bits per heavy atom. The number of hydrogen-bond donors (Lipinski definition) is 2. The Morgan fingerprint density at radius 1 is 1.48 bits per heavy atom. The van der Waals surface area contributed by atoms with Gasteiger partial charge in [-0.1, -0.05) is 0 Å². The smallest absolute Gasteiger partial charge is 0.255 e. The monoisotopic (exact) mass is 294 g/mol. The third kappa shape index (κ3) is 3.32. The molecule has 1 amide bonds. The topological polar surface area (TPSA) is 57.3 Å². The Bertz CT molecular complexity index is 514. The molecule has 116 valence electrons. The van der Waals surface area contributed by atoms with Gasteiger partial charge in [-0.15, -0.1) is 0 Å². The molecule has 1 fully saturated rings. The summed E-state index contributed by atoms with van der Waals surface area (Å²) < 4.78 is 13.3. The lowest BCUT2D eigenvalue weighted by atomic mass is 9.75. The lowest BCUT2D eigenvalue weighted by Crippen LogP contribution is -2.57. The number of hydrogen-bond acceptors (Lipinski definition) is 4. The average molecular weight is 294 g/mol. The van der Waals surface area contributed by atoms with Crippen LogP contribution in [-0.4, -0.2) is 48.5 Å².